The summed E-state index contributed by atoms with van der Waals surface area (Å²) in [5, 5.41) is 0. The van der Waals surface area contributed by atoms with Crippen LogP contribution in [0.15, 0.2) is 71.7 Å². The smallest absolute Gasteiger partial charge is 0.494 e. The minimum atomic E-state index is -4.73. The third-order valence-corrected chi connectivity index (χ3v) is 4.88. The molecule has 1 aliphatic heterocycles. The quantitative estimate of drug-likeness (QED) is 0.395. The van der Waals surface area contributed by atoms with Crippen LogP contribution in [-0.2, 0) is 4.74 Å². The van der Waals surface area contributed by atoms with E-state index in [1.165, 1.54) is 30.3 Å². The summed E-state index contributed by atoms with van der Waals surface area (Å²) in [4.78, 5) is 4.25. The lowest BCUT2D eigenvalue weighted by Gasteiger charge is -2.10. The number of rotatable bonds is 7. The molecule has 0 spiro atoms. The van der Waals surface area contributed by atoms with E-state index in [0.29, 0.717) is 18.8 Å². The Labute approximate surface area is 186 Å². The van der Waals surface area contributed by atoms with Crippen molar-refractivity contribution in [3.63, 3.8) is 0 Å². The first-order valence-corrected chi connectivity index (χ1v) is 10.0. The van der Waals surface area contributed by atoms with Crippen molar-refractivity contribution in [2.75, 3.05) is 13.2 Å². The summed E-state index contributed by atoms with van der Waals surface area (Å²) in [5.74, 6) is -1.20. The Balaban J connectivity index is 1.30. The van der Waals surface area contributed by atoms with Gasteiger partial charge in [0.05, 0.1) is 12.6 Å². The van der Waals surface area contributed by atoms with Gasteiger partial charge in [-0.2, -0.15) is 0 Å². The van der Waals surface area contributed by atoms with Gasteiger partial charge in [0.2, 0.25) is 5.90 Å². The lowest BCUT2D eigenvalue weighted by atomic mass is 10.1. The number of benzene rings is 3. The average Bonchev–Trinajstić information content (AvgIpc) is 3.22. The predicted molar refractivity (Wildman–Crippen MR) is 111 cm³/mol. The fourth-order valence-corrected chi connectivity index (χ4v) is 3.31. The molecule has 4 nitrogen and oxygen atoms in total. The summed E-state index contributed by atoms with van der Waals surface area (Å²) < 4.78 is 79.4. The number of hydrogen-bond donors (Lipinski definition) is 0. The number of ether oxygens (including phenoxy) is 3. The fraction of sp³-hybridized carbons (Fsp3) is 0.208. The molecule has 0 radical (unpaired) electrons. The topological polar surface area (TPSA) is 40.0 Å². The number of hydrogen-bond acceptors (Lipinski definition) is 4. The Morgan fingerprint density at radius 3 is 2.00 bits per heavy atom. The van der Waals surface area contributed by atoms with Crippen molar-refractivity contribution >= 4 is 5.90 Å². The second kappa shape index (κ2) is 9.48. The first-order valence-electron chi connectivity index (χ1n) is 10.0. The molecule has 0 saturated carbocycles. The largest absolute Gasteiger partial charge is 0.573 e. The van der Waals surface area contributed by atoms with E-state index in [9.17, 15) is 22.0 Å². The Morgan fingerprint density at radius 2 is 1.42 bits per heavy atom. The highest BCUT2D eigenvalue weighted by molar-refractivity contribution is 5.95. The molecule has 3 aromatic rings. The highest BCUT2D eigenvalue weighted by atomic mass is 19.4. The molecule has 0 N–H and O–H groups in total. The number of halogens is 5. The average molecular weight is 463 g/mol. The van der Waals surface area contributed by atoms with E-state index in [2.05, 4.69) is 9.73 Å². The number of aliphatic imine (C=N–C) groups is 1. The van der Waals surface area contributed by atoms with Crippen molar-refractivity contribution in [1.82, 2.24) is 0 Å². The fourth-order valence-electron chi connectivity index (χ4n) is 3.31. The molecule has 0 aromatic heterocycles. The van der Waals surface area contributed by atoms with Crippen LogP contribution in [0.1, 0.15) is 12.0 Å². The molecule has 0 amide bonds. The zero-order valence-electron chi connectivity index (χ0n) is 17.1. The van der Waals surface area contributed by atoms with Crippen LogP contribution < -0.4 is 9.47 Å². The van der Waals surface area contributed by atoms with E-state index in [0.717, 1.165) is 23.3 Å². The summed E-state index contributed by atoms with van der Waals surface area (Å²) in [6.07, 6.45) is -4.24. The molecule has 1 unspecified atom stereocenters. The zero-order chi connectivity index (χ0) is 23.4. The highest BCUT2D eigenvalue weighted by Crippen LogP contribution is 2.28. The van der Waals surface area contributed by atoms with Gasteiger partial charge in [-0.05, 0) is 47.5 Å². The molecule has 0 bridgehead atoms. The Hall–Kier alpha value is -3.62. The number of nitrogens with zero attached hydrogens (tertiary/aromatic N) is 1. The van der Waals surface area contributed by atoms with E-state index < -0.39 is 18.0 Å². The Kier molecular flexibility index (Phi) is 6.48. The van der Waals surface area contributed by atoms with Crippen molar-refractivity contribution in [3.8, 4) is 22.6 Å². The maximum atomic E-state index is 13.9. The minimum Gasteiger partial charge on any atom is -0.494 e. The van der Waals surface area contributed by atoms with E-state index in [4.69, 9.17) is 9.47 Å². The summed E-state index contributed by atoms with van der Waals surface area (Å²) in [6.45, 7) is 0.521. The molecule has 9 heteroatoms. The molecule has 0 fully saturated rings. The third-order valence-electron chi connectivity index (χ3n) is 4.88. The van der Waals surface area contributed by atoms with Gasteiger partial charge >= 0.3 is 6.36 Å². The molecule has 1 heterocycles. The van der Waals surface area contributed by atoms with Gasteiger partial charge in [0.1, 0.15) is 35.3 Å². The summed E-state index contributed by atoms with van der Waals surface area (Å²) >= 11 is 0. The summed E-state index contributed by atoms with van der Waals surface area (Å²) in [7, 11) is 0. The summed E-state index contributed by atoms with van der Waals surface area (Å²) in [6, 6.07) is 15.9. The Morgan fingerprint density at radius 1 is 0.848 bits per heavy atom. The maximum absolute atomic E-state index is 13.9. The van der Waals surface area contributed by atoms with Crippen LogP contribution in [0.2, 0.25) is 0 Å². The van der Waals surface area contributed by atoms with Gasteiger partial charge in [-0.3, -0.25) is 0 Å². The SMILES string of the molecule is Fc1cccc(F)c1C1=NC(CCOc2ccc(-c3ccc(OC(F)(F)F)cc3)cc2)CO1. The molecule has 4 rings (SSSR count). The minimum absolute atomic E-state index is 0.0494. The van der Waals surface area contributed by atoms with Gasteiger partial charge in [-0.1, -0.05) is 30.3 Å². The van der Waals surface area contributed by atoms with Crippen LogP contribution in [0.4, 0.5) is 22.0 Å². The van der Waals surface area contributed by atoms with E-state index in [-0.39, 0.29) is 29.9 Å². The lowest BCUT2D eigenvalue weighted by Crippen LogP contribution is -2.16. The van der Waals surface area contributed by atoms with E-state index in [1.807, 2.05) is 0 Å². The molecule has 3 aromatic carbocycles. The van der Waals surface area contributed by atoms with Crippen LogP contribution in [0.3, 0.4) is 0 Å². The first-order chi connectivity index (χ1) is 15.8. The van der Waals surface area contributed by atoms with E-state index in [1.54, 1.807) is 24.3 Å². The van der Waals surface area contributed by atoms with Crippen molar-refractivity contribution in [3.05, 3.63) is 83.9 Å². The third kappa shape index (κ3) is 5.79. The van der Waals surface area contributed by atoms with E-state index >= 15 is 0 Å². The predicted octanol–water partition coefficient (Wildman–Crippen LogP) is 6.14. The second-order valence-electron chi connectivity index (χ2n) is 7.23. The van der Waals surface area contributed by atoms with Crippen LogP contribution in [-0.4, -0.2) is 31.5 Å². The van der Waals surface area contributed by atoms with Crippen LogP contribution in [0.25, 0.3) is 11.1 Å². The lowest BCUT2D eigenvalue weighted by molar-refractivity contribution is -0.274. The van der Waals surface area contributed by atoms with Crippen LogP contribution >= 0.6 is 0 Å². The van der Waals surface area contributed by atoms with Crippen LogP contribution in [0, 0.1) is 11.6 Å². The van der Waals surface area contributed by atoms with Crippen molar-refractivity contribution in [2.24, 2.45) is 4.99 Å². The van der Waals surface area contributed by atoms with Gasteiger partial charge < -0.3 is 14.2 Å². The standard InChI is InChI=1S/C24H18F5NO3/c25-20-2-1-3-21(26)22(20)23-30-17(14-32-23)12-13-31-18-8-4-15(5-9-18)16-6-10-19(11-7-16)33-24(27,28)29/h1-11,17H,12-14H2. The first kappa shape index (κ1) is 22.6. The van der Waals surface area contributed by atoms with Gasteiger partial charge in [-0.25, -0.2) is 13.8 Å². The van der Waals surface area contributed by atoms with Crippen LogP contribution in [0.5, 0.6) is 11.5 Å². The molecule has 1 atom stereocenters. The second-order valence-corrected chi connectivity index (χ2v) is 7.23. The monoisotopic (exact) mass is 463 g/mol. The van der Waals surface area contributed by atoms with Crippen molar-refractivity contribution in [2.45, 2.75) is 18.8 Å². The maximum Gasteiger partial charge on any atom is 0.573 e. The molecule has 1 aliphatic rings. The molecule has 172 valence electrons. The van der Waals surface area contributed by atoms with Gasteiger partial charge in [0.15, 0.2) is 0 Å². The normalized spacial score (nSPS) is 15.7. The molecular weight excluding hydrogens is 445 g/mol. The van der Waals surface area contributed by atoms with Crippen molar-refractivity contribution < 1.29 is 36.2 Å². The van der Waals surface area contributed by atoms with Gasteiger partial charge in [0, 0.05) is 6.42 Å². The zero-order valence-corrected chi connectivity index (χ0v) is 17.1. The molecule has 33 heavy (non-hydrogen) atoms. The molecular formula is C24H18F5NO3. The molecule has 0 saturated heterocycles. The van der Waals surface area contributed by atoms with Crippen molar-refractivity contribution in [1.29, 1.82) is 0 Å². The number of alkyl halides is 3. The highest BCUT2D eigenvalue weighted by Gasteiger charge is 2.31. The van der Waals surface area contributed by atoms with Gasteiger partial charge in [0.25, 0.3) is 0 Å². The molecule has 0 aliphatic carbocycles. The summed E-state index contributed by atoms with van der Waals surface area (Å²) in [5.41, 5.74) is 1.25. The Bertz CT molecular complexity index is 1110. The van der Waals surface area contributed by atoms with Gasteiger partial charge in [-0.15, -0.1) is 13.2 Å².